The Morgan fingerprint density at radius 2 is 1.54 bits per heavy atom. The minimum absolute atomic E-state index is 0.183. The average molecular weight is 435 g/mol. The molecule has 0 saturated carbocycles. The van der Waals surface area contributed by atoms with Crippen LogP contribution in [-0.4, -0.2) is 11.8 Å². The predicted molar refractivity (Wildman–Crippen MR) is 114 cm³/mol. The Hall–Kier alpha value is -3.18. The molecule has 0 aromatic heterocycles. The molecule has 0 atom stereocenters. The highest BCUT2D eigenvalue weighted by Crippen LogP contribution is 2.14. The van der Waals surface area contributed by atoms with Gasteiger partial charge in [0, 0.05) is 16.6 Å². The number of nitrogens with one attached hydrogen (secondary N) is 2. The number of halogens is 1. The Morgan fingerprint density at radius 3 is 2.21 bits per heavy atom. The maximum absolute atomic E-state index is 12.8. The van der Waals surface area contributed by atoms with Crippen LogP contribution in [0.25, 0.3) is 6.08 Å². The molecule has 140 valence electrons. The minimum atomic E-state index is -0.354. The van der Waals surface area contributed by atoms with Crippen molar-refractivity contribution in [2.75, 3.05) is 0 Å². The van der Waals surface area contributed by atoms with E-state index in [2.05, 4.69) is 26.6 Å². The smallest absolute Gasteiger partial charge is 0.268 e. The molecular formula is C23H19BrN2O2. The van der Waals surface area contributed by atoms with Crippen LogP contribution in [0.15, 0.2) is 95.1 Å². The zero-order valence-electron chi connectivity index (χ0n) is 15.1. The fourth-order valence-corrected chi connectivity index (χ4v) is 3.00. The highest BCUT2D eigenvalue weighted by atomic mass is 79.9. The number of benzene rings is 3. The van der Waals surface area contributed by atoms with Crippen molar-refractivity contribution in [1.82, 2.24) is 10.6 Å². The first-order valence-corrected chi connectivity index (χ1v) is 9.57. The molecule has 3 aromatic carbocycles. The normalized spacial score (nSPS) is 11.0. The van der Waals surface area contributed by atoms with E-state index in [1.807, 2.05) is 60.7 Å². The van der Waals surface area contributed by atoms with E-state index in [9.17, 15) is 9.59 Å². The summed E-state index contributed by atoms with van der Waals surface area (Å²) in [5.74, 6) is -0.690. The largest absolute Gasteiger partial charge is 0.347 e. The van der Waals surface area contributed by atoms with Crippen LogP contribution in [0.2, 0.25) is 0 Å². The maximum Gasteiger partial charge on any atom is 0.268 e. The first-order chi connectivity index (χ1) is 13.6. The zero-order valence-corrected chi connectivity index (χ0v) is 16.6. The Balaban J connectivity index is 1.81. The van der Waals surface area contributed by atoms with Gasteiger partial charge in [0.2, 0.25) is 0 Å². The Kier molecular flexibility index (Phi) is 6.76. The third kappa shape index (κ3) is 5.66. The molecule has 0 saturated heterocycles. The van der Waals surface area contributed by atoms with Crippen molar-refractivity contribution in [3.8, 4) is 0 Å². The van der Waals surface area contributed by atoms with Crippen LogP contribution in [0.5, 0.6) is 0 Å². The van der Waals surface area contributed by atoms with E-state index in [4.69, 9.17) is 0 Å². The lowest BCUT2D eigenvalue weighted by molar-refractivity contribution is -0.117. The number of amides is 2. The van der Waals surface area contributed by atoms with Gasteiger partial charge < -0.3 is 10.6 Å². The molecule has 5 heteroatoms. The summed E-state index contributed by atoms with van der Waals surface area (Å²) in [6.07, 6.45) is 1.66. The number of rotatable bonds is 6. The average Bonchev–Trinajstić information content (AvgIpc) is 2.73. The van der Waals surface area contributed by atoms with Crippen LogP contribution in [0, 0.1) is 0 Å². The molecule has 3 rings (SSSR count). The van der Waals surface area contributed by atoms with Crippen molar-refractivity contribution in [3.05, 3.63) is 112 Å². The standard InChI is InChI=1S/C23H19BrN2O2/c24-20-13-7-10-18(14-20)15-21(26-22(27)19-11-5-2-6-12-19)23(28)25-16-17-8-3-1-4-9-17/h1-15H,16H2,(H,25,28)(H,26,27)/b21-15+. The lowest BCUT2D eigenvalue weighted by Crippen LogP contribution is -2.34. The van der Waals surface area contributed by atoms with Gasteiger partial charge in [-0.05, 0) is 41.5 Å². The maximum atomic E-state index is 12.8. The molecule has 0 fully saturated rings. The highest BCUT2D eigenvalue weighted by Gasteiger charge is 2.14. The van der Waals surface area contributed by atoms with Crippen molar-refractivity contribution >= 4 is 33.8 Å². The van der Waals surface area contributed by atoms with Crippen LogP contribution in [0.1, 0.15) is 21.5 Å². The fraction of sp³-hybridized carbons (Fsp3) is 0.0435. The van der Waals surface area contributed by atoms with E-state index >= 15 is 0 Å². The second kappa shape index (κ2) is 9.67. The van der Waals surface area contributed by atoms with Gasteiger partial charge in [0.25, 0.3) is 11.8 Å². The van der Waals surface area contributed by atoms with Crippen molar-refractivity contribution < 1.29 is 9.59 Å². The minimum Gasteiger partial charge on any atom is -0.347 e. The van der Waals surface area contributed by atoms with Gasteiger partial charge in [0.15, 0.2) is 0 Å². The van der Waals surface area contributed by atoms with E-state index in [1.54, 1.807) is 30.3 Å². The number of hydrogen-bond acceptors (Lipinski definition) is 2. The van der Waals surface area contributed by atoms with Gasteiger partial charge in [0.05, 0.1) is 0 Å². The molecule has 0 aliphatic carbocycles. The molecule has 2 amide bonds. The lowest BCUT2D eigenvalue weighted by atomic mass is 10.1. The van der Waals surface area contributed by atoms with Gasteiger partial charge in [-0.15, -0.1) is 0 Å². The third-order valence-electron chi connectivity index (χ3n) is 3.98. The molecule has 0 spiro atoms. The Labute approximate surface area is 172 Å². The van der Waals surface area contributed by atoms with E-state index in [0.29, 0.717) is 12.1 Å². The lowest BCUT2D eigenvalue weighted by Gasteiger charge is -2.11. The second-order valence-electron chi connectivity index (χ2n) is 6.10. The first-order valence-electron chi connectivity index (χ1n) is 8.77. The van der Waals surface area contributed by atoms with Gasteiger partial charge in [-0.3, -0.25) is 9.59 Å². The summed E-state index contributed by atoms with van der Waals surface area (Å²) in [5, 5.41) is 5.59. The van der Waals surface area contributed by atoms with Crippen LogP contribution in [-0.2, 0) is 11.3 Å². The Morgan fingerprint density at radius 1 is 0.857 bits per heavy atom. The van der Waals surface area contributed by atoms with Gasteiger partial charge in [-0.2, -0.15) is 0 Å². The van der Waals surface area contributed by atoms with Crippen molar-refractivity contribution in [1.29, 1.82) is 0 Å². The number of hydrogen-bond donors (Lipinski definition) is 2. The SMILES string of the molecule is O=C(NCc1ccccc1)/C(=C\c1cccc(Br)c1)NC(=O)c1ccccc1. The summed E-state index contributed by atoms with van der Waals surface area (Å²) >= 11 is 3.42. The molecular weight excluding hydrogens is 416 g/mol. The molecule has 0 heterocycles. The highest BCUT2D eigenvalue weighted by molar-refractivity contribution is 9.10. The van der Waals surface area contributed by atoms with E-state index in [-0.39, 0.29) is 17.5 Å². The van der Waals surface area contributed by atoms with Crippen molar-refractivity contribution in [2.45, 2.75) is 6.54 Å². The molecule has 2 N–H and O–H groups in total. The number of carbonyl (C=O) groups excluding carboxylic acids is 2. The van der Waals surface area contributed by atoms with Gasteiger partial charge in [-0.25, -0.2) is 0 Å². The molecule has 4 nitrogen and oxygen atoms in total. The molecule has 0 radical (unpaired) electrons. The van der Waals surface area contributed by atoms with E-state index in [1.165, 1.54) is 0 Å². The van der Waals surface area contributed by atoms with Crippen LogP contribution >= 0.6 is 15.9 Å². The summed E-state index contributed by atoms with van der Waals surface area (Å²) < 4.78 is 0.889. The van der Waals surface area contributed by atoms with Crippen LogP contribution in [0.3, 0.4) is 0 Å². The molecule has 0 bridgehead atoms. The molecule has 28 heavy (non-hydrogen) atoms. The molecule has 3 aromatic rings. The third-order valence-corrected chi connectivity index (χ3v) is 4.48. The predicted octanol–water partition coefficient (Wildman–Crippen LogP) is 4.54. The van der Waals surface area contributed by atoms with Crippen molar-refractivity contribution in [2.24, 2.45) is 0 Å². The summed E-state index contributed by atoms with van der Waals surface area (Å²) in [4.78, 5) is 25.3. The second-order valence-corrected chi connectivity index (χ2v) is 7.02. The zero-order chi connectivity index (χ0) is 19.8. The summed E-state index contributed by atoms with van der Waals surface area (Å²) in [5.41, 5.74) is 2.45. The number of carbonyl (C=O) groups is 2. The van der Waals surface area contributed by atoms with E-state index < -0.39 is 0 Å². The molecule has 0 aliphatic heterocycles. The van der Waals surface area contributed by atoms with Crippen molar-refractivity contribution in [3.63, 3.8) is 0 Å². The molecule has 0 unspecified atom stereocenters. The van der Waals surface area contributed by atoms with E-state index in [0.717, 1.165) is 15.6 Å². The van der Waals surface area contributed by atoms with Crippen LogP contribution < -0.4 is 10.6 Å². The van der Waals surface area contributed by atoms with Gasteiger partial charge >= 0.3 is 0 Å². The summed E-state index contributed by atoms with van der Waals surface area (Å²) in [7, 11) is 0. The van der Waals surface area contributed by atoms with Crippen LogP contribution in [0.4, 0.5) is 0 Å². The van der Waals surface area contributed by atoms with Gasteiger partial charge in [-0.1, -0.05) is 76.6 Å². The summed E-state index contributed by atoms with van der Waals surface area (Å²) in [6, 6.07) is 25.9. The summed E-state index contributed by atoms with van der Waals surface area (Å²) in [6.45, 7) is 0.372. The quantitative estimate of drug-likeness (QED) is 0.559. The molecule has 0 aliphatic rings. The topological polar surface area (TPSA) is 58.2 Å². The first kappa shape index (κ1) is 19.6. The Bertz CT molecular complexity index is 986. The monoisotopic (exact) mass is 434 g/mol. The van der Waals surface area contributed by atoms with Gasteiger partial charge in [0.1, 0.15) is 5.70 Å². The fourth-order valence-electron chi connectivity index (χ4n) is 2.58.